The van der Waals surface area contributed by atoms with Gasteiger partial charge in [-0.25, -0.2) is 0 Å². The minimum atomic E-state index is -0.0985. The molecule has 0 radical (unpaired) electrons. The van der Waals surface area contributed by atoms with E-state index in [-0.39, 0.29) is 12.3 Å². The molecule has 22 heavy (non-hydrogen) atoms. The van der Waals surface area contributed by atoms with E-state index < -0.39 is 0 Å². The molecule has 1 aliphatic rings. The van der Waals surface area contributed by atoms with Gasteiger partial charge in [-0.15, -0.1) is 10.2 Å². The molecule has 116 valence electrons. The lowest BCUT2D eigenvalue weighted by Gasteiger charge is -2.07. The van der Waals surface area contributed by atoms with E-state index in [0.29, 0.717) is 11.0 Å². The molecule has 1 amide bonds. The van der Waals surface area contributed by atoms with Gasteiger partial charge in [0.25, 0.3) is 0 Å². The van der Waals surface area contributed by atoms with Gasteiger partial charge in [0.2, 0.25) is 11.0 Å². The number of amides is 1. The third-order valence-electron chi connectivity index (χ3n) is 3.93. The first-order chi connectivity index (χ1) is 10.8. The van der Waals surface area contributed by atoms with Crippen molar-refractivity contribution in [3.05, 3.63) is 34.8 Å². The van der Waals surface area contributed by atoms with Crippen LogP contribution in [0.4, 0.5) is 5.13 Å². The smallest absolute Gasteiger partial charge is 0.230 e. The number of nitrogens with one attached hydrogen (secondary N) is 1. The lowest BCUT2D eigenvalue weighted by Crippen LogP contribution is -2.14. The molecule has 0 aliphatic heterocycles. The molecular formula is C16H19N3O2S. The third kappa shape index (κ3) is 3.44. The Labute approximate surface area is 133 Å². The first-order valence-corrected chi connectivity index (χ1v) is 8.33. The van der Waals surface area contributed by atoms with Gasteiger partial charge in [-0.2, -0.15) is 0 Å². The predicted molar refractivity (Wildman–Crippen MR) is 86.4 cm³/mol. The molecule has 2 aromatic rings. The molecule has 0 bridgehead atoms. The predicted octanol–water partition coefficient (Wildman–Crippen LogP) is 3.39. The van der Waals surface area contributed by atoms with Crippen LogP contribution in [-0.2, 0) is 11.2 Å². The summed E-state index contributed by atoms with van der Waals surface area (Å²) in [7, 11) is 1.61. The van der Waals surface area contributed by atoms with E-state index in [1.807, 2.05) is 24.3 Å². The highest BCUT2D eigenvalue weighted by Crippen LogP contribution is 2.36. The van der Waals surface area contributed by atoms with Crippen molar-refractivity contribution in [1.29, 1.82) is 0 Å². The van der Waals surface area contributed by atoms with Gasteiger partial charge in [0, 0.05) is 11.5 Å². The van der Waals surface area contributed by atoms with Crippen molar-refractivity contribution in [2.24, 2.45) is 0 Å². The number of benzene rings is 1. The summed E-state index contributed by atoms with van der Waals surface area (Å²) in [6.45, 7) is 0. The molecule has 0 saturated heterocycles. The van der Waals surface area contributed by atoms with Crippen molar-refractivity contribution in [3.8, 4) is 5.75 Å². The van der Waals surface area contributed by atoms with Crippen LogP contribution < -0.4 is 10.1 Å². The van der Waals surface area contributed by atoms with Crippen LogP contribution >= 0.6 is 11.3 Å². The largest absolute Gasteiger partial charge is 0.496 e. The van der Waals surface area contributed by atoms with Gasteiger partial charge >= 0.3 is 0 Å². The Hall–Kier alpha value is -1.95. The zero-order chi connectivity index (χ0) is 15.4. The molecule has 5 nitrogen and oxygen atoms in total. The van der Waals surface area contributed by atoms with Crippen molar-refractivity contribution in [1.82, 2.24) is 10.2 Å². The van der Waals surface area contributed by atoms with E-state index in [1.54, 1.807) is 7.11 Å². The maximum absolute atomic E-state index is 12.2. The standard InChI is InChI=1S/C16H19N3O2S/c1-21-13-9-5-4-8-12(13)10-14(20)17-16-19-18-15(22-16)11-6-2-3-7-11/h4-5,8-9,11H,2-3,6-7,10H2,1H3,(H,17,19,20). The third-order valence-corrected chi connectivity index (χ3v) is 4.94. The molecular weight excluding hydrogens is 298 g/mol. The fourth-order valence-corrected chi connectivity index (χ4v) is 3.74. The number of carbonyl (C=O) groups is 1. The minimum Gasteiger partial charge on any atom is -0.496 e. The molecule has 1 heterocycles. The molecule has 1 aliphatic carbocycles. The molecule has 0 atom stereocenters. The number of para-hydroxylation sites is 1. The Bertz CT molecular complexity index is 650. The zero-order valence-electron chi connectivity index (χ0n) is 12.5. The topological polar surface area (TPSA) is 64.1 Å². The number of hydrogen-bond acceptors (Lipinski definition) is 5. The maximum atomic E-state index is 12.2. The molecule has 0 unspecified atom stereocenters. The number of aromatic nitrogens is 2. The van der Waals surface area contributed by atoms with Crippen LogP contribution in [-0.4, -0.2) is 23.2 Å². The molecule has 1 fully saturated rings. The number of hydrogen-bond donors (Lipinski definition) is 1. The average Bonchev–Trinajstić information content (AvgIpc) is 3.18. The summed E-state index contributed by atoms with van der Waals surface area (Å²) < 4.78 is 5.26. The summed E-state index contributed by atoms with van der Waals surface area (Å²) >= 11 is 1.49. The normalized spacial score (nSPS) is 15.0. The lowest BCUT2D eigenvalue weighted by molar-refractivity contribution is -0.115. The fraction of sp³-hybridized carbons (Fsp3) is 0.438. The number of methoxy groups -OCH3 is 1. The van der Waals surface area contributed by atoms with Crippen LogP contribution in [0.15, 0.2) is 24.3 Å². The minimum absolute atomic E-state index is 0.0985. The summed E-state index contributed by atoms with van der Waals surface area (Å²) in [5, 5.41) is 12.8. The van der Waals surface area contributed by atoms with E-state index in [2.05, 4.69) is 15.5 Å². The van der Waals surface area contributed by atoms with Crippen molar-refractivity contribution in [2.75, 3.05) is 12.4 Å². The van der Waals surface area contributed by atoms with Gasteiger partial charge in [0.15, 0.2) is 0 Å². The Morgan fingerprint density at radius 1 is 1.32 bits per heavy atom. The lowest BCUT2D eigenvalue weighted by atomic mass is 10.1. The number of rotatable bonds is 5. The van der Waals surface area contributed by atoms with Crippen molar-refractivity contribution in [2.45, 2.75) is 38.0 Å². The van der Waals surface area contributed by atoms with E-state index in [4.69, 9.17) is 4.74 Å². The Morgan fingerprint density at radius 3 is 2.86 bits per heavy atom. The summed E-state index contributed by atoms with van der Waals surface area (Å²) in [5.41, 5.74) is 0.864. The van der Waals surface area contributed by atoms with Gasteiger partial charge < -0.3 is 10.1 Å². The van der Waals surface area contributed by atoms with Gasteiger partial charge in [0.1, 0.15) is 10.8 Å². The monoisotopic (exact) mass is 317 g/mol. The molecule has 3 rings (SSSR count). The van der Waals surface area contributed by atoms with Gasteiger partial charge in [0.05, 0.1) is 13.5 Å². The molecule has 1 aromatic carbocycles. The summed E-state index contributed by atoms with van der Waals surface area (Å²) in [5.74, 6) is 1.15. The fourth-order valence-electron chi connectivity index (χ4n) is 2.81. The molecule has 0 spiro atoms. The van der Waals surface area contributed by atoms with Crippen LogP contribution in [0.5, 0.6) is 5.75 Å². The van der Waals surface area contributed by atoms with Crippen molar-refractivity contribution >= 4 is 22.4 Å². The Balaban J connectivity index is 1.62. The van der Waals surface area contributed by atoms with E-state index in [0.717, 1.165) is 16.3 Å². The van der Waals surface area contributed by atoms with Gasteiger partial charge in [-0.3, -0.25) is 4.79 Å². The first-order valence-electron chi connectivity index (χ1n) is 7.51. The van der Waals surface area contributed by atoms with Gasteiger partial charge in [-0.05, 0) is 18.9 Å². The van der Waals surface area contributed by atoms with Gasteiger partial charge in [-0.1, -0.05) is 42.4 Å². The van der Waals surface area contributed by atoms with Crippen molar-refractivity contribution < 1.29 is 9.53 Å². The zero-order valence-corrected chi connectivity index (χ0v) is 13.4. The molecule has 1 N–H and O–H groups in total. The highest BCUT2D eigenvalue weighted by molar-refractivity contribution is 7.15. The van der Waals surface area contributed by atoms with E-state index in [1.165, 1.54) is 37.0 Å². The summed E-state index contributed by atoms with van der Waals surface area (Å²) in [6.07, 6.45) is 5.16. The molecule has 1 saturated carbocycles. The highest BCUT2D eigenvalue weighted by atomic mass is 32.1. The van der Waals surface area contributed by atoms with Crippen LogP contribution in [0.2, 0.25) is 0 Å². The summed E-state index contributed by atoms with van der Waals surface area (Å²) in [6, 6.07) is 7.53. The molecule has 6 heteroatoms. The number of nitrogens with zero attached hydrogens (tertiary/aromatic N) is 2. The number of anilines is 1. The SMILES string of the molecule is COc1ccccc1CC(=O)Nc1nnc(C2CCCC2)s1. The van der Waals surface area contributed by atoms with Crippen LogP contribution in [0.25, 0.3) is 0 Å². The number of carbonyl (C=O) groups excluding carboxylic acids is 1. The second-order valence-corrected chi connectivity index (χ2v) is 6.47. The Kier molecular flexibility index (Phi) is 4.68. The quantitative estimate of drug-likeness (QED) is 0.918. The molecule has 1 aromatic heterocycles. The second kappa shape index (κ2) is 6.87. The van der Waals surface area contributed by atoms with E-state index >= 15 is 0 Å². The van der Waals surface area contributed by atoms with Crippen LogP contribution in [0.3, 0.4) is 0 Å². The first kappa shape index (κ1) is 15.0. The van der Waals surface area contributed by atoms with Crippen molar-refractivity contribution in [3.63, 3.8) is 0 Å². The average molecular weight is 317 g/mol. The summed E-state index contributed by atoms with van der Waals surface area (Å²) in [4.78, 5) is 12.2. The number of ether oxygens (including phenoxy) is 1. The Morgan fingerprint density at radius 2 is 2.09 bits per heavy atom. The second-order valence-electron chi connectivity index (χ2n) is 5.46. The van der Waals surface area contributed by atoms with E-state index in [9.17, 15) is 4.79 Å². The van der Waals surface area contributed by atoms with Crippen LogP contribution in [0.1, 0.15) is 42.2 Å². The highest BCUT2D eigenvalue weighted by Gasteiger charge is 2.21. The maximum Gasteiger partial charge on any atom is 0.230 e. The van der Waals surface area contributed by atoms with Crippen LogP contribution in [0, 0.1) is 0 Å².